The number of allylic oxidation sites excluding steroid dienone is 5. The fraction of sp³-hybridized carbons (Fsp3) is 0.323. The Hall–Kier alpha value is -3.17. The van der Waals surface area contributed by atoms with Crippen LogP contribution in [0.4, 0.5) is 0 Å². The number of hydrogen-bond donors (Lipinski definition) is 1. The molecule has 0 spiro atoms. The Morgan fingerprint density at radius 2 is 1.71 bits per heavy atom. The van der Waals surface area contributed by atoms with E-state index >= 15 is 0 Å². The van der Waals surface area contributed by atoms with Crippen LogP contribution in [0.2, 0.25) is 0 Å². The van der Waals surface area contributed by atoms with E-state index in [1.165, 1.54) is 27.8 Å². The molecule has 3 nitrogen and oxygen atoms in total. The first-order chi connectivity index (χ1) is 16.5. The molecule has 1 aliphatic heterocycles. The third-order valence-electron chi connectivity index (χ3n) is 6.99. The molecule has 0 aliphatic carbocycles. The highest BCUT2D eigenvalue weighted by Crippen LogP contribution is 2.30. The minimum Gasteiger partial charge on any atom is -0.353 e. The number of aromatic amines is 1. The van der Waals surface area contributed by atoms with Crippen molar-refractivity contribution in [3.8, 4) is 0 Å². The van der Waals surface area contributed by atoms with E-state index < -0.39 is 0 Å². The van der Waals surface area contributed by atoms with Gasteiger partial charge < -0.3 is 4.98 Å². The Morgan fingerprint density at radius 1 is 1.00 bits per heavy atom. The highest BCUT2D eigenvalue weighted by atomic mass is 15.1. The summed E-state index contributed by atoms with van der Waals surface area (Å²) in [5.74, 6) is 0.527. The number of rotatable bonds is 7. The van der Waals surface area contributed by atoms with Crippen molar-refractivity contribution in [3.05, 3.63) is 101 Å². The molecule has 0 unspecified atom stereocenters. The van der Waals surface area contributed by atoms with Crippen LogP contribution in [0.3, 0.4) is 0 Å². The average molecular weight is 452 g/mol. The van der Waals surface area contributed by atoms with Gasteiger partial charge in [-0.25, -0.2) is 0 Å². The Morgan fingerprint density at radius 3 is 2.41 bits per heavy atom. The van der Waals surface area contributed by atoms with Crippen LogP contribution in [0.15, 0.2) is 95.0 Å². The highest BCUT2D eigenvalue weighted by Gasteiger charge is 2.22. The predicted octanol–water partition coefficient (Wildman–Crippen LogP) is 7.79. The first-order valence-corrected chi connectivity index (χ1v) is 12.5. The maximum atomic E-state index is 5.29. The summed E-state index contributed by atoms with van der Waals surface area (Å²) in [6, 6.07) is 21.5. The van der Waals surface area contributed by atoms with E-state index in [-0.39, 0.29) is 0 Å². The topological polar surface area (TPSA) is 31.4 Å². The van der Waals surface area contributed by atoms with Gasteiger partial charge in [-0.15, -0.1) is 0 Å². The summed E-state index contributed by atoms with van der Waals surface area (Å²) in [7, 11) is 0. The Balaban J connectivity index is 1.57. The molecule has 0 saturated carbocycles. The van der Waals surface area contributed by atoms with E-state index in [1.54, 1.807) is 0 Å². The van der Waals surface area contributed by atoms with Gasteiger partial charge in [-0.2, -0.15) is 0 Å². The summed E-state index contributed by atoms with van der Waals surface area (Å²) < 4.78 is 0. The quantitative estimate of drug-likeness (QED) is 0.288. The van der Waals surface area contributed by atoms with Gasteiger partial charge in [0.15, 0.2) is 0 Å². The molecular weight excluding hydrogens is 414 g/mol. The highest BCUT2D eigenvalue weighted by molar-refractivity contribution is 5.92. The lowest BCUT2D eigenvalue weighted by atomic mass is 9.92. The van der Waals surface area contributed by atoms with E-state index in [2.05, 4.69) is 110 Å². The lowest BCUT2D eigenvalue weighted by Crippen LogP contribution is -2.35. The van der Waals surface area contributed by atoms with E-state index in [4.69, 9.17) is 4.99 Å². The van der Waals surface area contributed by atoms with Crippen molar-refractivity contribution in [2.24, 2.45) is 10.9 Å². The number of hydrogen-bond acceptors (Lipinski definition) is 2. The van der Waals surface area contributed by atoms with Gasteiger partial charge >= 0.3 is 0 Å². The van der Waals surface area contributed by atoms with Crippen LogP contribution in [-0.4, -0.2) is 28.7 Å². The minimum absolute atomic E-state index is 0.527. The lowest BCUT2D eigenvalue weighted by Gasteiger charge is -2.32. The average Bonchev–Trinajstić information content (AvgIpc) is 3.30. The molecular formula is C31H37N3. The predicted molar refractivity (Wildman–Crippen MR) is 147 cm³/mol. The Bertz CT molecular complexity index is 1180. The smallest absolute Gasteiger partial charge is 0.0895 e. The summed E-state index contributed by atoms with van der Waals surface area (Å²) in [6.45, 7) is 11.9. The van der Waals surface area contributed by atoms with E-state index in [9.17, 15) is 0 Å². The molecule has 3 aromatic rings. The van der Waals surface area contributed by atoms with Gasteiger partial charge in [0, 0.05) is 23.2 Å². The number of para-hydroxylation sites is 1. The molecule has 176 valence electrons. The fourth-order valence-electron chi connectivity index (χ4n) is 4.72. The van der Waals surface area contributed by atoms with Crippen molar-refractivity contribution in [2.75, 3.05) is 13.1 Å². The second-order valence-electron chi connectivity index (χ2n) is 9.41. The van der Waals surface area contributed by atoms with Crippen molar-refractivity contribution in [1.82, 2.24) is 9.88 Å². The summed E-state index contributed by atoms with van der Waals surface area (Å²) in [6.07, 6.45) is 8.66. The van der Waals surface area contributed by atoms with Crippen LogP contribution in [0.1, 0.15) is 51.8 Å². The van der Waals surface area contributed by atoms with Gasteiger partial charge in [-0.1, -0.05) is 66.8 Å². The standard InChI is InChI=1S/C31H37N3/c1-5-6-12-23(2)24(3)31(30-21-28-15-10-11-16-29(28)33-30)32-25(4)27-17-19-34(20-18-27)22-26-13-8-7-9-14-26/h5-16,21,27,33H,17-20,22H2,1-4H3/b6-5-,23-12-,31-24+,32-25?. The summed E-state index contributed by atoms with van der Waals surface area (Å²) in [4.78, 5) is 11.5. The molecule has 4 rings (SSSR count). The van der Waals surface area contributed by atoms with Crippen molar-refractivity contribution in [2.45, 2.75) is 47.1 Å². The third-order valence-corrected chi connectivity index (χ3v) is 6.99. The zero-order valence-electron chi connectivity index (χ0n) is 21.0. The van der Waals surface area contributed by atoms with Crippen LogP contribution in [0.25, 0.3) is 16.6 Å². The molecule has 1 N–H and O–H groups in total. The summed E-state index contributed by atoms with van der Waals surface area (Å²) in [5.41, 5.74) is 8.39. The Labute approximate surface area is 204 Å². The molecule has 0 amide bonds. The number of piperidine rings is 1. The molecule has 2 heterocycles. The van der Waals surface area contributed by atoms with Crippen molar-refractivity contribution >= 4 is 22.3 Å². The van der Waals surface area contributed by atoms with Gasteiger partial charge in [0.25, 0.3) is 0 Å². The van der Waals surface area contributed by atoms with Gasteiger partial charge in [-0.3, -0.25) is 9.89 Å². The third kappa shape index (κ3) is 5.84. The monoisotopic (exact) mass is 451 g/mol. The molecule has 1 saturated heterocycles. The molecule has 34 heavy (non-hydrogen) atoms. The SMILES string of the molecule is C\C=C/C=C(C)\C(C)=C(\N=C(C)C1CCN(Cc2ccccc2)CC1)c1cc2ccccc2[nH]1. The first kappa shape index (κ1) is 24.0. The number of aliphatic imine (C=N–C) groups is 1. The summed E-state index contributed by atoms with van der Waals surface area (Å²) >= 11 is 0. The molecule has 1 aliphatic rings. The van der Waals surface area contributed by atoms with Crippen molar-refractivity contribution < 1.29 is 0 Å². The number of nitrogens with one attached hydrogen (secondary N) is 1. The van der Waals surface area contributed by atoms with Crippen LogP contribution in [0, 0.1) is 5.92 Å². The molecule has 0 bridgehead atoms. The Kier molecular flexibility index (Phi) is 7.97. The number of fused-ring (bicyclic) bond motifs is 1. The number of aromatic nitrogens is 1. The second-order valence-corrected chi connectivity index (χ2v) is 9.41. The molecule has 0 atom stereocenters. The van der Waals surface area contributed by atoms with Crippen LogP contribution in [0.5, 0.6) is 0 Å². The van der Waals surface area contributed by atoms with Crippen LogP contribution >= 0.6 is 0 Å². The first-order valence-electron chi connectivity index (χ1n) is 12.5. The minimum atomic E-state index is 0.527. The largest absolute Gasteiger partial charge is 0.353 e. The molecule has 2 aromatic carbocycles. The van der Waals surface area contributed by atoms with Crippen LogP contribution < -0.4 is 0 Å². The second kappa shape index (κ2) is 11.3. The number of H-pyrrole nitrogens is 1. The van der Waals surface area contributed by atoms with E-state index in [0.29, 0.717) is 5.92 Å². The van der Waals surface area contributed by atoms with Gasteiger partial charge in [0.1, 0.15) is 0 Å². The lowest BCUT2D eigenvalue weighted by molar-refractivity contribution is 0.201. The van der Waals surface area contributed by atoms with Gasteiger partial charge in [0.05, 0.1) is 11.4 Å². The molecule has 0 radical (unpaired) electrons. The van der Waals surface area contributed by atoms with Gasteiger partial charge in [-0.05, 0) is 88.4 Å². The van der Waals surface area contributed by atoms with Crippen molar-refractivity contribution in [3.63, 3.8) is 0 Å². The maximum Gasteiger partial charge on any atom is 0.0895 e. The number of likely N-dealkylation sites (tertiary alicyclic amines) is 1. The molecule has 3 heteroatoms. The van der Waals surface area contributed by atoms with Crippen molar-refractivity contribution in [1.29, 1.82) is 0 Å². The summed E-state index contributed by atoms with van der Waals surface area (Å²) in [5, 5.41) is 1.22. The maximum absolute atomic E-state index is 5.29. The molecule has 1 fully saturated rings. The fourth-order valence-corrected chi connectivity index (χ4v) is 4.72. The van der Waals surface area contributed by atoms with E-state index in [1.807, 2.05) is 6.92 Å². The zero-order chi connectivity index (χ0) is 23.9. The van der Waals surface area contributed by atoms with E-state index in [0.717, 1.165) is 49.4 Å². The number of benzene rings is 2. The van der Waals surface area contributed by atoms with Gasteiger partial charge in [0.2, 0.25) is 0 Å². The molecule has 1 aromatic heterocycles. The normalized spacial score (nSPS) is 17.5. The van der Waals surface area contributed by atoms with Crippen LogP contribution in [-0.2, 0) is 6.54 Å². The zero-order valence-corrected chi connectivity index (χ0v) is 21.0. The number of nitrogens with zero attached hydrogens (tertiary/aromatic N) is 2.